The van der Waals surface area contributed by atoms with Crippen molar-refractivity contribution in [2.45, 2.75) is 63.9 Å². The van der Waals surface area contributed by atoms with Gasteiger partial charge < -0.3 is 4.74 Å². The molecule has 5 fully saturated rings. The lowest BCUT2D eigenvalue weighted by Gasteiger charge is -2.59. The van der Waals surface area contributed by atoms with Crippen LogP contribution >= 0.6 is 0 Å². The number of hydrogen-bond donors (Lipinski definition) is 0. The van der Waals surface area contributed by atoms with E-state index in [0.29, 0.717) is 11.0 Å². The van der Waals surface area contributed by atoms with Crippen LogP contribution in [0.25, 0.3) is 0 Å². The molecule has 1 heteroatoms. The summed E-state index contributed by atoms with van der Waals surface area (Å²) in [5, 5.41) is 0. The first-order valence-electron chi connectivity index (χ1n) is 7.39. The van der Waals surface area contributed by atoms with E-state index < -0.39 is 0 Å². The van der Waals surface area contributed by atoms with Crippen LogP contribution in [0.4, 0.5) is 0 Å². The van der Waals surface area contributed by atoms with E-state index in [1.807, 2.05) is 0 Å². The highest BCUT2D eigenvalue weighted by atomic mass is 16.6. The Bertz CT molecular complexity index is 267. The lowest BCUT2D eigenvalue weighted by atomic mass is 9.46. The average molecular weight is 220 g/mol. The van der Waals surface area contributed by atoms with Gasteiger partial charge in [-0.2, -0.15) is 0 Å². The summed E-state index contributed by atoms with van der Waals surface area (Å²) >= 11 is 0. The third kappa shape index (κ3) is 1.16. The van der Waals surface area contributed by atoms with Gasteiger partial charge in [-0.25, -0.2) is 0 Å². The summed E-state index contributed by atoms with van der Waals surface area (Å²) < 4.78 is 6.02. The fourth-order valence-corrected chi connectivity index (χ4v) is 5.88. The summed E-state index contributed by atoms with van der Waals surface area (Å²) in [7, 11) is 0. The van der Waals surface area contributed by atoms with Crippen LogP contribution in [0.1, 0.15) is 58.3 Å². The molecule has 0 aromatic heterocycles. The van der Waals surface area contributed by atoms with Crippen molar-refractivity contribution in [1.29, 1.82) is 0 Å². The lowest BCUT2D eigenvalue weighted by Crippen LogP contribution is -2.53. The molecule has 5 aliphatic rings. The predicted octanol–water partition coefficient (Wildman–Crippen LogP) is 3.77. The standard InChI is InChI=1S/C15H24O/c1-2-3-15(10-16-15)14-7-11-4-12(8-14)6-13(5-11)9-14/h11-13H,2-10H2,1H3. The summed E-state index contributed by atoms with van der Waals surface area (Å²) in [5.41, 5.74) is 0.996. The Kier molecular flexibility index (Phi) is 1.89. The number of epoxide rings is 1. The van der Waals surface area contributed by atoms with E-state index >= 15 is 0 Å². The quantitative estimate of drug-likeness (QED) is 0.660. The van der Waals surface area contributed by atoms with E-state index in [9.17, 15) is 0 Å². The summed E-state index contributed by atoms with van der Waals surface area (Å²) in [5.74, 6) is 3.22. The molecule has 0 radical (unpaired) electrons. The molecule has 0 aromatic carbocycles. The molecule has 0 amide bonds. The van der Waals surface area contributed by atoms with Crippen molar-refractivity contribution in [3.05, 3.63) is 0 Å². The fraction of sp³-hybridized carbons (Fsp3) is 1.00. The summed E-state index contributed by atoms with van der Waals surface area (Å²) in [6.45, 7) is 3.41. The summed E-state index contributed by atoms with van der Waals surface area (Å²) in [4.78, 5) is 0. The van der Waals surface area contributed by atoms with Crippen molar-refractivity contribution < 1.29 is 4.74 Å². The van der Waals surface area contributed by atoms with Crippen LogP contribution in [0.15, 0.2) is 0 Å². The molecular formula is C15H24O. The molecule has 4 saturated carbocycles. The number of rotatable bonds is 3. The van der Waals surface area contributed by atoms with Crippen LogP contribution in [0, 0.1) is 23.2 Å². The van der Waals surface area contributed by atoms with Crippen molar-refractivity contribution >= 4 is 0 Å². The Balaban J connectivity index is 1.66. The van der Waals surface area contributed by atoms with E-state index in [4.69, 9.17) is 4.74 Å². The Hall–Kier alpha value is -0.0400. The van der Waals surface area contributed by atoms with Crippen LogP contribution in [0.2, 0.25) is 0 Å². The minimum atomic E-state index is 0.359. The largest absolute Gasteiger partial charge is 0.369 e. The SMILES string of the molecule is CCCC1(C23CC4CC(CC(C4)C2)C3)CO1. The zero-order valence-corrected chi connectivity index (χ0v) is 10.5. The second-order valence-electron chi connectivity index (χ2n) is 7.23. The van der Waals surface area contributed by atoms with Gasteiger partial charge in [0.2, 0.25) is 0 Å². The van der Waals surface area contributed by atoms with Gasteiger partial charge in [-0.3, -0.25) is 0 Å². The predicted molar refractivity (Wildman–Crippen MR) is 64.2 cm³/mol. The van der Waals surface area contributed by atoms with E-state index in [-0.39, 0.29) is 0 Å². The zero-order chi connectivity index (χ0) is 10.8. The third-order valence-corrected chi connectivity index (χ3v) is 6.15. The second-order valence-corrected chi connectivity index (χ2v) is 7.23. The third-order valence-electron chi connectivity index (χ3n) is 6.15. The smallest absolute Gasteiger partial charge is 0.0972 e. The van der Waals surface area contributed by atoms with Gasteiger partial charge >= 0.3 is 0 Å². The molecule has 1 unspecified atom stereocenters. The average Bonchev–Trinajstić information content (AvgIpc) is 2.97. The molecule has 0 aromatic rings. The van der Waals surface area contributed by atoms with Gasteiger partial charge in [-0.05, 0) is 62.7 Å². The van der Waals surface area contributed by atoms with E-state index in [0.717, 1.165) is 24.4 Å². The van der Waals surface area contributed by atoms with Gasteiger partial charge in [-0.1, -0.05) is 13.3 Å². The molecule has 1 atom stereocenters. The Morgan fingerprint density at radius 1 is 1.00 bits per heavy atom. The number of hydrogen-bond acceptors (Lipinski definition) is 1. The maximum absolute atomic E-state index is 6.02. The van der Waals surface area contributed by atoms with E-state index in [2.05, 4.69) is 6.92 Å². The highest BCUT2D eigenvalue weighted by Gasteiger charge is 2.65. The molecule has 90 valence electrons. The molecule has 1 aliphatic heterocycles. The molecule has 5 rings (SSSR count). The van der Waals surface area contributed by atoms with Gasteiger partial charge in [-0.15, -0.1) is 0 Å². The van der Waals surface area contributed by atoms with Crippen LogP contribution < -0.4 is 0 Å². The minimum absolute atomic E-state index is 0.359. The molecule has 4 aliphatic carbocycles. The second kappa shape index (κ2) is 3.04. The van der Waals surface area contributed by atoms with E-state index in [1.165, 1.54) is 32.1 Å². The van der Waals surface area contributed by atoms with Crippen LogP contribution in [0.3, 0.4) is 0 Å². The van der Waals surface area contributed by atoms with Crippen LogP contribution in [-0.2, 0) is 4.74 Å². The van der Waals surface area contributed by atoms with Gasteiger partial charge in [0.1, 0.15) is 0 Å². The van der Waals surface area contributed by atoms with E-state index in [1.54, 1.807) is 19.3 Å². The Morgan fingerprint density at radius 2 is 1.50 bits per heavy atom. The van der Waals surface area contributed by atoms with Gasteiger partial charge in [0, 0.05) is 5.41 Å². The topological polar surface area (TPSA) is 12.5 Å². The Morgan fingerprint density at radius 3 is 1.88 bits per heavy atom. The molecule has 16 heavy (non-hydrogen) atoms. The first-order valence-corrected chi connectivity index (χ1v) is 7.39. The molecular weight excluding hydrogens is 196 g/mol. The first kappa shape index (κ1) is 9.94. The summed E-state index contributed by atoms with van der Waals surface area (Å²) in [6.07, 6.45) is 11.8. The maximum Gasteiger partial charge on any atom is 0.0972 e. The Labute approximate surface area is 98.9 Å². The van der Waals surface area contributed by atoms with Crippen LogP contribution in [-0.4, -0.2) is 12.2 Å². The summed E-state index contributed by atoms with van der Waals surface area (Å²) in [6, 6.07) is 0. The molecule has 4 bridgehead atoms. The first-order chi connectivity index (χ1) is 7.75. The van der Waals surface area contributed by atoms with Crippen molar-refractivity contribution in [3.8, 4) is 0 Å². The van der Waals surface area contributed by atoms with Crippen molar-refractivity contribution in [1.82, 2.24) is 0 Å². The molecule has 0 spiro atoms. The van der Waals surface area contributed by atoms with Gasteiger partial charge in [0.15, 0.2) is 0 Å². The number of ether oxygens (including phenoxy) is 1. The molecule has 1 saturated heterocycles. The highest BCUT2D eigenvalue weighted by Crippen LogP contribution is 2.68. The zero-order valence-electron chi connectivity index (χ0n) is 10.5. The molecule has 0 N–H and O–H groups in total. The molecule has 1 heterocycles. The fourth-order valence-electron chi connectivity index (χ4n) is 5.88. The van der Waals surface area contributed by atoms with Gasteiger partial charge in [0.05, 0.1) is 12.2 Å². The molecule has 1 nitrogen and oxygen atoms in total. The van der Waals surface area contributed by atoms with Crippen molar-refractivity contribution in [2.24, 2.45) is 23.2 Å². The maximum atomic E-state index is 6.02. The van der Waals surface area contributed by atoms with Crippen LogP contribution in [0.5, 0.6) is 0 Å². The normalized spacial score (nSPS) is 57.9. The van der Waals surface area contributed by atoms with Crippen molar-refractivity contribution in [2.75, 3.05) is 6.61 Å². The minimum Gasteiger partial charge on any atom is -0.369 e. The lowest BCUT2D eigenvalue weighted by molar-refractivity contribution is -0.0995. The van der Waals surface area contributed by atoms with Crippen molar-refractivity contribution in [3.63, 3.8) is 0 Å². The monoisotopic (exact) mass is 220 g/mol. The van der Waals surface area contributed by atoms with Gasteiger partial charge in [0.25, 0.3) is 0 Å². The highest BCUT2D eigenvalue weighted by molar-refractivity contribution is 5.15.